The van der Waals surface area contributed by atoms with Crippen molar-refractivity contribution in [3.8, 4) is 5.75 Å². The summed E-state index contributed by atoms with van der Waals surface area (Å²) in [5.41, 5.74) is 3.08. The number of anilines is 2. The number of thioether (sulfide) groups is 1. The van der Waals surface area contributed by atoms with Crippen LogP contribution in [0.25, 0.3) is 0 Å². The van der Waals surface area contributed by atoms with E-state index in [1.54, 1.807) is 54.0 Å². The number of nitrogens with zero attached hydrogens (tertiary/aromatic N) is 2. The average molecular weight is 415 g/mol. The Morgan fingerprint density at radius 1 is 1.11 bits per heavy atom. The van der Waals surface area contributed by atoms with Crippen LogP contribution < -0.4 is 15.4 Å². The molecular weight excluding hydrogens is 396 g/mol. The minimum absolute atomic E-state index is 0.185. The molecule has 0 saturated heterocycles. The second-order valence-corrected chi connectivity index (χ2v) is 7.55. The minimum atomic E-state index is -0.308. The molecule has 3 rings (SSSR count). The normalized spacial score (nSPS) is 10.3. The number of benzene rings is 2. The predicted octanol–water partition coefficient (Wildman–Crippen LogP) is 3.92. The van der Waals surface area contributed by atoms with Crippen LogP contribution in [0.3, 0.4) is 0 Å². The van der Waals surface area contributed by atoms with Crippen molar-refractivity contribution in [2.45, 2.75) is 11.3 Å². The molecule has 0 bridgehead atoms. The monoisotopic (exact) mass is 414 g/mol. The number of para-hydroxylation sites is 1. The van der Waals surface area contributed by atoms with Crippen LogP contribution in [0.2, 0.25) is 0 Å². The van der Waals surface area contributed by atoms with Crippen LogP contribution in [0.1, 0.15) is 17.3 Å². The van der Waals surface area contributed by atoms with Gasteiger partial charge in [0.2, 0.25) is 5.91 Å². The van der Waals surface area contributed by atoms with Gasteiger partial charge in [-0.25, -0.2) is 0 Å². The van der Waals surface area contributed by atoms with Gasteiger partial charge >= 0.3 is 0 Å². The van der Waals surface area contributed by atoms with Crippen molar-refractivity contribution in [3.05, 3.63) is 59.6 Å². The lowest BCUT2D eigenvalue weighted by Crippen LogP contribution is -2.19. The van der Waals surface area contributed by atoms with E-state index >= 15 is 0 Å². The average Bonchev–Trinajstić information content (AvgIpc) is 3.22. The summed E-state index contributed by atoms with van der Waals surface area (Å²) >= 11 is 2.67. The van der Waals surface area contributed by atoms with Crippen LogP contribution in [-0.2, 0) is 4.79 Å². The lowest BCUT2D eigenvalue weighted by atomic mass is 10.1. The van der Waals surface area contributed by atoms with Gasteiger partial charge < -0.3 is 15.4 Å². The molecule has 1 aromatic heterocycles. The molecule has 1 heterocycles. The number of carbonyl (C=O) groups is 2. The SMILES string of the molecule is CCOc1ccc(NC(=O)c2ccccc2NC(=O)CSc2nncs2)cc1. The van der Waals surface area contributed by atoms with E-state index in [2.05, 4.69) is 20.8 Å². The molecule has 144 valence electrons. The Kier molecular flexibility index (Phi) is 6.99. The van der Waals surface area contributed by atoms with Crippen LogP contribution in [0.4, 0.5) is 11.4 Å². The Balaban J connectivity index is 1.63. The first-order valence-electron chi connectivity index (χ1n) is 8.47. The molecule has 9 heteroatoms. The zero-order valence-corrected chi connectivity index (χ0v) is 16.7. The van der Waals surface area contributed by atoms with Crippen molar-refractivity contribution in [1.29, 1.82) is 0 Å². The van der Waals surface area contributed by atoms with Gasteiger partial charge in [-0.15, -0.1) is 10.2 Å². The van der Waals surface area contributed by atoms with Crippen molar-refractivity contribution < 1.29 is 14.3 Å². The Morgan fingerprint density at radius 2 is 1.89 bits per heavy atom. The first-order valence-corrected chi connectivity index (χ1v) is 10.3. The number of ether oxygens (including phenoxy) is 1. The molecule has 0 spiro atoms. The number of nitrogens with one attached hydrogen (secondary N) is 2. The number of amides is 2. The van der Waals surface area contributed by atoms with E-state index < -0.39 is 0 Å². The summed E-state index contributed by atoms with van der Waals surface area (Å²) in [5, 5.41) is 13.2. The number of carbonyl (C=O) groups excluding carboxylic acids is 2. The van der Waals surface area contributed by atoms with Gasteiger partial charge in [0.25, 0.3) is 5.91 Å². The second-order valence-electron chi connectivity index (χ2n) is 5.50. The van der Waals surface area contributed by atoms with E-state index in [9.17, 15) is 9.59 Å². The molecule has 2 aromatic carbocycles. The zero-order chi connectivity index (χ0) is 19.8. The van der Waals surface area contributed by atoms with E-state index in [4.69, 9.17) is 4.74 Å². The fraction of sp³-hybridized carbons (Fsp3) is 0.158. The molecule has 7 nitrogen and oxygen atoms in total. The molecule has 0 saturated carbocycles. The molecule has 28 heavy (non-hydrogen) atoms. The molecule has 0 fully saturated rings. The number of hydrogen-bond acceptors (Lipinski definition) is 7. The lowest BCUT2D eigenvalue weighted by molar-refractivity contribution is -0.113. The summed E-state index contributed by atoms with van der Waals surface area (Å²) in [5.74, 6) is 0.392. The molecule has 0 aliphatic heterocycles. The van der Waals surface area contributed by atoms with Gasteiger partial charge in [0.05, 0.1) is 23.6 Å². The topological polar surface area (TPSA) is 93.2 Å². The van der Waals surface area contributed by atoms with Crippen LogP contribution in [0.15, 0.2) is 58.4 Å². The third-order valence-electron chi connectivity index (χ3n) is 3.54. The van der Waals surface area contributed by atoms with E-state index in [-0.39, 0.29) is 17.6 Å². The fourth-order valence-corrected chi connectivity index (χ4v) is 3.62. The highest BCUT2D eigenvalue weighted by Gasteiger charge is 2.14. The van der Waals surface area contributed by atoms with E-state index in [0.29, 0.717) is 23.5 Å². The molecule has 2 amide bonds. The zero-order valence-electron chi connectivity index (χ0n) is 15.0. The maximum atomic E-state index is 12.7. The van der Waals surface area contributed by atoms with Gasteiger partial charge in [-0.3, -0.25) is 9.59 Å². The molecular formula is C19H18N4O3S2. The highest BCUT2D eigenvalue weighted by Crippen LogP contribution is 2.22. The number of rotatable bonds is 8. The van der Waals surface area contributed by atoms with Crippen LogP contribution >= 0.6 is 23.1 Å². The van der Waals surface area contributed by atoms with Gasteiger partial charge in [-0.1, -0.05) is 35.2 Å². The fourth-order valence-electron chi connectivity index (χ4n) is 2.33. The van der Waals surface area contributed by atoms with Gasteiger partial charge in [-0.05, 0) is 43.3 Å². The van der Waals surface area contributed by atoms with Crippen molar-refractivity contribution >= 4 is 46.3 Å². The summed E-state index contributed by atoms with van der Waals surface area (Å²) in [6.45, 7) is 2.49. The largest absolute Gasteiger partial charge is 0.494 e. The van der Waals surface area contributed by atoms with Gasteiger partial charge in [0.15, 0.2) is 4.34 Å². The third kappa shape index (κ3) is 5.54. The van der Waals surface area contributed by atoms with Gasteiger partial charge in [0.1, 0.15) is 11.3 Å². The Morgan fingerprint density at radius 3 is 2.61 bits per heavy atom. The molecule has 3 aromatic rings. The van der Waals surface area contributed by atoms with Crippen LogP contribution in [0.5, 0.6) is 5.75 Å². The summed E-state index contributed by atoms with van der Waals surface area (Å²) in [6, 6.07) is 14.0. The molecule has 0 aliphatic carbocycles. The maximum absolute atomic E-state index is 12.7. The van der Waals surface area contributed by atoms with E-state index in [1.165, 1.54) is 23.1 Å². The Hall–Kier alpha value is -2.91. The van der Waals surface area contributed by atoms with Crippen LogP contribution in [0, 0.1) is 0 Å². The Bertz CT molecular complexity index is 931. The maximum Gasteiger partial charge on any atom is 0.257 e. The first kappa shape index (κ1) is 19.8. The van der Waals surface area contributed by atoms with Crippen molar-refractivity contribution in [1.82, 2.24) is 10.2 Å². The van der Waals surface area contributed by atoms with Crippen molar-refractivity contribution in [3.63, 3.8) is 0 Å². The standard InChI is InChI=1S/C19H18N4O3S2/c1-2-26-14-9-7-13(8-10-14)21-18(25)15-5-3-4-6-16(15)22-17(24)11-27-19-23-20-12-28-19/h3-10,12H,2,11H2,1H3,(H,21,25)(H,22,24). The molecule has 0 aliphatic rings. The summed E-state index contributed by atoms with van der Waals surface area (Å²) in [6.07, 6.45) is 0. The summed E-state index contributed by atoms with van der Waals surface area (Å²) in [4.78, 5) is 24.9. The second kappa shape index (κ2) is 9.86. The number of hydrogen-bond donors (Lipinski definition) is 2. The summed E-state index contributed by atoms with van der Waals surface area (Å²) in [7, 11) is 0. The van der Waals surface area contributed by atoms with Gasteiger partial charge in [-0.2, -0.15) is 0 Å². The smallest absolute Gasteiger partial charge is 0.257 e. The minimum Gasteiger partial charge on any atom is -0.494 e. The molecule has 0 unspecified atom stereocenters. The lowest BCUT2D eigenvalue weighted by Gasteiger charge is -2.11. The quantitative estimate of drug-likeness (QED) is 0.543. The van der Waals surface area contributed by atoms with Crippen molar-refractivity contribution in [2.75, 3.05) is 23.0 Å². The van der Waals surface area contributed by atoms with Crippen LogP contribution in [-0.4, -0.2) is 34.4 Å². The first-order chi connectivity index (χ1) is 13.7. The highest BCUT2D eigenvalue weighted by atomic mass is 32.2. The third-order valence-corrected chi connectivity index (χ3v) is 5.40. The summed E-state index contributed by atoms with van der Waals surface area (Å²) < 4.78 is 6.11. The Labute approximate surface area is 170 Å². The van der Waals surface area contributed by atoms with E-state index in [0.717, 1.165) is 10.1 Å². The van der Waals surface area contributed by atoms with Crippen molar-refractivity contribution in [2.24, 2.45) is 0 Å². The number of aromatic nitrogens is 2. The highest BCUT2D eigenvalue weighted by molar-refractivity contribution is 8.01. The predicted molar refractivity (Wildman–Crippen MR) is 111 cm³/mol. The van der Waals surface area contributed by atoms with Gasteiger partial charge in [0, 0.05) is 5.69 Å². The molecule has 0 radical (unpaired) electrons. The molecule has 2 N–H and O–H groups in total. The molecule has 0 atom stereocenters. The van der Waals surface area contributed by atoms with E-state index in [1.807, 2.05) is 6.92 Å².